The molecule has 3 rings (SSSR count). The topological polar surface area (TPSA) is 54.2 Å². The third-order valence-electron chi connectivity index (χ3n) is 4.14. The minimum atomic E-state index is -0.481. The van der Waals surface area contributed by atoms with E-state index in [1.54, 1.807) is 6.20 Å². The predicted molar refractivity (Wildman–Crippen MR) is 85.0 cm³/mol. The molecule has 1 N–H and O–H groups in total. The van der Waals surface area contributed by atoms with Crippen LogP contribution in [-0.4, -0.2) is 32.7 Å². The highest BCUT2D eigenvalue weighted by Gasteiger charge is 2.28. The molecule has 0 saturated carbocycles. The van der Waals surface area contributed by atoms with E-state index in [1.807, 2.05) is 36.1 Å². The van der Waals surface area contributed by atoms with Crippen LogP contribution < -0.4 is 4.90 Å². The smallest absolute Gasteiger partial charge is 0.137 e. The van der Waals surface area contributed by atoms with Crippen molar-refractivity contribution >= 4 is 21.7 Å². The van der Waals surface area contributed by atoms with Crippen LogP contribution in [0.25, 0.3) is 0 Å². The molecule has 5 nitrogen and oxygen atoms in total. The molecule has 1 atom stereocenters. The summed E-state index contributed by atoms with van der Waals surface area (Å²) in [5.74, 6) is 2.02. The van der Waals surface area contributed by atoms with Crippen LogP contribution in [-0.2, 0) is 7.05 Å². The third kappa shape index (κ3) is 3.11. The van der Waals surface area contributed by atoms with Crippen molar-refractivity contribution in [2.75, 3.05) is 18.0 Å². The van der Waals surface area contributed by atoms with Crippen LogP contribution in [0.2, 0.25) is 0 Å². The van der Waals surface area contributed by atoms with Gasteiger partial charge in [0, 0.05) is 43.2 Å². The van der Waals surface area contributed by atoms with Gasteiger partial charge in [0.2, 0.25) is 0 Å². The first kappa shape index (κ1) is 14.5. The third-order valence-corrected chi connectivity index (χ3v) is 4.61. The summed E-state index contributed by atoms with van der Waals surface area (Å²) in [6.07, 6.45) is 6.85. The molecule has 3 heterocycles. The van der Waals surface area contributed by atoms with E-state index in [0.717, 1.165) is 42.0 Å². The van der Waals surface area contributed by atoms with E-state index >= 15 is 0 Å². The van der Waals surface area contributed by atoms with Gasteiger partial charge in [-0.1, -0.05) is 0 Å². The number of anilines is 1. The minimum absolute atomic E-state index is 0.262. The number of hydrogen-bond acceptors (Lipinski definition) is 4. The Balaban J connectivity index is 1.62. The molecular weight excluding hydrogens is 332 g/mol. The van der Waals surface area contributed by atoms with Crippen molar-refractivity contribution in [2.24, 2.45) is 13.0 Å². The van der Waals surface area contributed by atoms with Crippen molar-refractivity contribution in [3.63, 3.8) is 0 Å². The zero-order valence-electron chi connectivity index (χ0n) is 12.0. The molecule has 1 saturated heterocycles. The number of aliphatic hydroxyl groups excluding tert-OH is 1. The predicted octanol–water partition coefficient (Wildman–Crippen LogP) is 2.53. The average molecular weight is 351 g/mol. The van der Waals surface area contributed by atoms with Gasteiger partial charge in [-0.3, -0.25) is 0 Å². The van der Waals surface area contributed by atoms with Gasteiger partial charge in [-0.05, 0) is 46.8 Å². The first-order chi connectivity index (χ1) is 10.1. The van der Waals surface area contributed by atoms with Crippen LogP contribution in [0.15, 0.2) is 35.2 Å². The summed E-state index contributed by atoms with van der Waals surface area (Å²) >= 11 is 3.40. The van der Waals surface area contributed by atoms with Crippen LogP contribution in [0.3, 0.4) is 0 Å². The van der Waals surface area contributed by atoms with E-state index in [1.165, 1.54) is 0 Å². The molecule has 0 amide bonds. The molecule has 0 aromatic carbocycles. The Morgan fingerprint density at radius 3 is 2.62 bits per heavy atom. The largest absolute Gasteiger partial charge is 0.385 e. The van der Waals surface area contributed by atoms with Gasteiger partial charge in [0.15, 0.2) is 0 Å². The maximum absolute atomic E-state index is 10.5. The fraction of sp³-hybridized carbons (Fsp3) is 0.467. The van der Waals surface area contributed by atoms with Crippen molar-refractivity contribution in [3.8, 4) is 0 Å². The van der Waals surface area contributed by atoms with Crippen LogP contribution in [0.1, 0.15) is 24.8 Å². The molecule has 0 spiro atoms. The molecule has 2 aromatic heterocycles. The SMILES string of the molecule is Cn1ccnc1C(O)C1CCN(c2ccc(Br)cn2)CC1. The lowest BCUT2D eigenvalue weighted by atomic mass is 9.90. The molecule has 112 valence electrons. The number of halogens is 1. The number of aryl methyl sites for hydroxylation is 1. The van der Waals surface area contributed by atoms with E-state index in [2.05, 4.69) is 30.8 Å². The highest BCUT2D eigenvalue weighted by molar-refractivity contribution is 9.10. The number of imidazole rings is 1. The summed E-state index contributed by atoms with van der Waals surface area (Å²) in [6, 6.07) is 4.04. The maximum atomic E-state index is 10.5. The fourth-order valence-electron chi connectivity index (χ4n) is 2.87. The Kier molecular flexibility index (Phi) is 4.26. The first-order valence-electron chi connectivity index (χ1n) is 7.17. The van der Waals surface area contributed by atoms with Gasteiger partial charge in [-0.25, -0.2) is 9.97 Å². The molecule has 2 aromatic rings. The van der Waals surface area contributed by atoms with E-state index < -0.39 is 6.10 Å². The number of nitrogens with zero attached hydrogens (tertiary/aromatic N) is 4. The van der Waals surface area contributed by atoms with Gasteiger partial charge in [-0.15, -0.1) is 0 Å². The lowest BCUT2D eigenvalue weighted by Gasteiger charge is -2.34. The van der Waals surface area contributed by atoms with Crippen LogP contribution >= 0.6 is 15.9 Å². The van der Waals surface area contributed by atoms with Crippen molar-refractivity contribution in [1.82, 2.24) is 14.5 Å². The summed E-state index contributed by atoms with van der Waals surface area (Å²) in [7, 11) is 1.92. The zero-order chi connectivity index (χ0) is 14.8. The normalized spacial score (nSPS) is 18.0. The highest BCUT2D eigenvalue weighted by atomic mass is 79.9. The fourth-order valence-corrected chi connectivity index (χ4v) is 3.11. The average Bonchev–Trinajstić information content (AvgIpc) is 2.94. The molecule has 0 aliphatic carbocycles. The number of piperidine rings is 1. The molecule has 1 aliphatic rings. The van der Waals surface area contributed by atoms with E-state index in [-0.39, 0.29) is 5.92 Å². The van der Waals surface area contributed by atoms with Gasteiger partial charge >= 0.3 is 0 Å². The molecule has 1 fully saturated rings. The van der Waals surface area contributed by atoms with E-state index in [4.69, 9.17) is 0 Å². The highest BCUT2D eigenvalue weighted by Crippen LogP contribution is 2.31. The van der Waals surface area contributed by atoms with Gasteiger partial charge < -0.3 is 14.6 Å². The number of rotatable bonds is 3. The number of pyridine rings is 1. The van der Waals surface area contributed by atoms with Crippen molar-refractivity contribution in [1.29, 1.82) is 0 Å². The Morgan fingerprint density at radius 2 is 2.05 bits per heavy atom. The number of hydrogen-bond donors (Lipinski definition) is 1. The Bertz CT molecular complexity index is 590. The van der Waals surface area contributed by atoms with Gasteiger partial charge in [0.1, 0.15) is 17.7 Å². The Morgan fingerprint density at radius 1 is 1.29 bits per heavy atom. The second kappa shape index (κ2) is 6.15. The summed E-state index contributed by atoms with van der Waals surface area (Å²) < 4.78 is 2.89. The molecular formula is C15H19BrN4O. The monoisotopic (exact) mass is 350 g/mol. The molecule has 1 unspecified atom stereocenters. The maximum Gasteiger partial charge on any atom is 0.137 e. The summed E-state index contributed by atoms with van der Waals surface area (Å²) in [6.45, 7) is 1.83. The zero-order valence-corrected chi connectivity index (χ0v) is 13.6. The second-order valence-electron chi connectivity index (χ2n) is 5.50. The molecule has 21 heavy (non-hydrogen) atoms. The van der Waals surface area contributed by atoms with Crippen molar-refractivity contribution < 1.29 is 5.11 Å². The van der Waals surface area contributed by atoms with Gasteiger partial charge in [0.25, 0.3) is 0 Å². The number of aromatic nitrogens is 3. The quantitative estimate of drug-likeness (QED) is 0.923. The van der Waals surface area contributed by atoms with Crippen LogP contribution in [0, 0.1) is 5.92 Å². The standard InChI is InChI=1S/C15H19BrN4O/c1-19-9-6-17-15(19)14(21)11-4-7-20(8-5-11)13-3-2-12(16)10-18-13/h2-3,6,9-11,14,21H,4-5,7-8H2,1H3. The Hall–Kier alpha value is -1.40. The minimum Gasteiger partial charge on any atom is -0.385 e. The molecule has 0 bridgehead atoms. The van der Waals surface area contributed by atoms with E-state index in [0.29, 0.717) is 0 Å². The van der Waals surface area contributed by atoms with Crippen LogP contribution in [0.5, 0.6) is 0 Å². The van der Waals surface area contributed by atoms with Crippen molar-refractivity contribution in [2.45, 2.75) is 18.9 Å². The Labute approximate surface area is 132 Å². The van der Waals surface area contributed by atoms with Crippen molar-refractivity contribution in [3.05, 3.63) is 41.0 Å². The second-order valence-corrected chi connectivity index (χ2v) is 6.42. The summed E-state index contributed by atoms with van der Waals surface area (Å²) in [4.78, 5) is 11.0. The molecule has 6 heteroatoms. The number of aliphatic hydroxyl groups is 1. The van der Waals surface area contributed by atoms with Gasteiger partial charge in [-0.2, -0.15) is 0 Å². The first-order valence-corrected chi connectivity index (χ1v) is 7.96. The van der Waals surface area contributed by atoms with Gasteiger partial charge in [0.05, 0.1) is 0 Å². The summed E-state index contributed by atoms with van der Waals surface area (Å²) in [5.41, 5.74) is 0. The lowest BCUT2D eigenvalue weighted by molar-refractivity contribution is 0.0824. The molecule has 0 radical (unpaired) electrons. The van der Waals surface area contributed by atoms with E-state index in [9.17, 15) is 5.11 Å². The molecule has 1 aliphatic heterocycles. The summed E-state index contributed by atoms with van der Waals surface area (Å²) in [5, 5.41) is 10.5. The van der Waals surface area contributed by atoms with Crippen LogP contribution in [0.4, 0.5) is 5.82 Å². The lowest BCUT2D eigenvalue weighted by Crippen LogP contribution is -2.36.